The summed E-state index contributed by atoms with van der Waals surface area (Å²) in [5.74, 6) is -0.237. The van der Waals surface area contributed by atoms with Gasteiger partial charge in [-0.2, -0.15) is 0 Å². The number of hydrogen-bond donors (Lipinski definition) is 4. The number of sulfonamides is 1. The second kappa shape index (κ2) is 13.2. The van der Waals surface area contributed by atoms with E-state index in [2.05, 4.69) is 33.8 Å². The smallest absolute Gasteiger partial charge is 0.293 e. The van der Waals surface area contributed by atoms with Crippen molar-refractivity contribution in [2.75, 3.05) is 16.6 Å². The molecular weight excluding hydrogens is 554 g/mol. The molecule has 0 spiro atoms. The van der Waals surface area contributed by atoms with Gasteiger partial charge in [0.2, 0.25) is 5.91 Å². The predicted octanol–water partition coefficient (Wildman–Crippen LogP) is 4.40. The molecule has 0 saturated heterocycles. The number of hydrogen-bond acceptors (Lipinski definition) is 7. The van der Waals surface area contributed by atoms with Crippen molar-refractivity contribution in [3.63, 3.8) is 0 Å². The Balaban J connectivity index is 1.39. The van der Waals surface area contributed by atoms with Crippen LogP contribution in [0.2, 0.25) is 0 Å². The lowest BCUT2D eigenvalue weighted by atomic mass is 9.99. The number of amides is 1. The van der Waals surface area contributed by atoms with Crippen LogP contribution in [0.5, 0.6) is 0 Å². The maximum atomic E-state index is 12.8. The summed E-state index contributed by atoms with van der Waals surface area (Å²) in [4.78, 5) is 23.4. The highest BCUT2D eigenvalue weighted by Gasteiger charge is 2.22. The normalized spacial score (nSPS) is 13.3. The van der Waals surface area contributed by atoms with Crippen molar-refractivity contribution in [2.24, 2.45) is 5.73 Å². The predicted molar refractivity (Wildman–Crippen MR) is 164 cm³/mol. The van der Waals surface area contributed by atoms with Crippen LogP contribution >= 0.6 is 0 Å². The van der Waals surface area contributed by atoms with Gasteiger partial charge in [0.15, 0.2) is 0 Å². The molecule has 0 aliphatic heterocycles. The second-order valence-corrected chi connectivity index (χ2v) is 12.5. The average Bonchev–Trinajstić information content (AvgIpc) is 3.37. The van der Waals surface area contributed by atoms with Crippen LogP contribution in [-0.4, -0.2) is 43.5 Å². The Morgan fingerprint density at radius 2 is 1.79 bits per heavy atom. The molecule has 11 heteroatoms. The van der Waals surface area contributed by atoms with Crippen LogP contribution in [-0.2, 0) is 30.9 Å². The van der Waals surface area contributed by atoms with Crippen LogP contribution < -0.4 is 21.1 Å². The van der Waals surface area contributed by atoms with E-state index in [0.717, 1.165) is 23.9 Å². The van der Waals surface area contributed by atoms with Gasteiger partial charge in [0.05, 0.1) is 10.9 Å². The third-order valence-electron chi connectivity index (χ3n) is 6.98. The molecule has 10 nitrogen and oxygen atoms in total. The van der Waals surface area contributed by atoms with Crippen molar-refractivity contribution in [1.82, 2.24) is 9.88 Å². The molecule has 4 aromatic rings. The number of aryl methyl sites for hydroxylation is 1. The van der Waals surface area contributed by atoms with Crippen LogP contribution in [0.15, 0.2) is 90.0 Å². The molecule has 0 bridgehead atoms. The Kier molecular flexibility index (Phi) is 9.66. The van der Waals surface area contributed by atoms with Gasteiger partial charge in [-0.25, -0.2) is 8.42 Å². The summed E-state index contributed by atoms with van der Waals surface area (Å²) >= 11 is 0. The monoisotopic (exact) mass is 591 g/mol. The third kappa shape index (κ3) is 7.96. The van der Waals surface area contributed by atoms with Crippen molar-refractivity contribution in [1.29, 1.82) is 0 Å². The number of carbonyl (C=O) groups excluding carboxylic acids is 2. The summed E-state index contributed by atoms with van der Waals surface area (Å²) in [6.07, 6.45) is 2.16. The zero-order valence-corrected chi connectivity index (χ0v) is 24.7. The Hall–Kier alpha value is -4.19. The number of benzene rings is 3. The number of carbonyl (C=O) groups is 2. The van der Waals surface area contributed by atoms with Crippen molar-refractivity contribution >= 4 is 44.7 Å². The second-order valence-electron chi connectivity index (χ2n) is 10.8. The first-order valence-electron chi connectivity index (χ1n) is 13.6. The highest BCUT2D eigenvalue weighted by molar-refractivity contribution is 7.92. The zero-order chi connectivity index (χ0) is 30.3. The fraction of sp³-hybridized carbons (Fsp3) is 0.290. The molecule has 42 heavy (non-hydrogen) atoms. The fourth-order valence-electron chi connectivity index (χ4n) is 4.51. The first-order chi connectivity index (χ1) is 20.0. The van der Waals surface area contributed by atoms with E-state index >= 15 is 0 Å². The molecule has 1 heterocycles. The number of fused-ring (bicyclic) bond motifs is 1. The van der Waals surface area contributed by atoms with Crippen LogP contribution in [0.4, 0.5) is 11.4 Å². The van der Waals surface area contributed by atoms with Gasteiger partial charge in [0.25, 0.3) is 16.5 Å². The molecule has 0 aliphatic carbocycles. The topological polar surface area (TPSA) is 145 Å². The standard InChI is InChI=1S/C31H37N5O5S/c1-22(32)30(38)34-25-12-13-28-23(18-25)14-16-36(28)17-15-31(2,3)33-20-29(41-21-37)24-8-7-9-26(19-24)35-42(39,40)27-10-5-4-6-11-27/h4-14,16,18-19,21-22,29,33,35H,15,17,20,32H2,1-3H3,(H,34,38)/t22-,29-/m0/s1. The van der Waals surface area contributed by atoms with Crippen molar-refractivity contribution in [2.45, 2.75) is 56.3 Å². The molecule has 0 radical (unpaired) electrons. The van der Waals surface area contributed by atoms with E-state index in [9.17, 15) is 18.0 Å². The molecule has 2 atom stereocenters. The maximum absolute atomic E-state index is 12.8. The quantitative estimate of drug-likeness (QED) is 0.159. The number of nitrogens with two attached hydrogens (primary N) is 1. The summed E-state index contributed by atoms with van der Waals surface area (Å²) in [6, 6.07) is 22.1. The largest absolute Gasteiger partial charge is 0.458 e. The highest BCUT2D eigenvalue weighted by Crippen LogP contribution is 2.25. The fourth-order valence-corrected chi connectivity index (χ4v) is 5.58. The molecule has 1 amide bonds. The van der Waals surface area contributed by atoms with Gasteiger partial charge in [-0.15, -0.1) is 0 Å². The zero-order valence-electron chi connectivity index (χ0n) is 23.9. The van der Waals surface area contributed by atoms with Crippen molar-refractivity contribution < 1.29 is 22.7 Å². The molecule has 0 saturated carbocycles. The van der Waals surface area contributed by atoms with E-state index in [1.807, 2.05) is 30.5 Å². The summed E-state index contributed by atoms with van der Waals surface area (Å²) in [5, 5.41) is 7.32. The summed E-state index contributed by atoms with van der Waals surface area (Å²) in [6.45, 7) is 7.24. The van der Waals surface area contributed by atoms with E-state index < -0.39 is 22.2 Å². The van der Waals surface area contributed by atoms with Gasteiger partial charge in [-0.3, -0.25) is 14.3 Å². The van der Waals surface area contributed by atoms with E-state index in [4.69, 9.17) is 10.5 Å². The Morgan fingerprint density at radius 1 is 1.02 bits per heavy atom. The number of rotatable bonds is 14. The van der Waals surface area contributed by atoms with Crippen LogP contribution in [0.25, 0.3) is 10.9 Å². The van der Waals surface area contributed by atoms with Crippen LogP contribution in [0.1, 0.15) is 38.9 Å². The van der Waals surface area contributed by atoms with Gasteiger partial charge in [-0.1, -0.05) is 30.3 Å². The molecule has 0 fully saturated rings. The minimum Gasteiger partial charge on any atom is -0.458 e. The summed E-state index contributed by atoms with van der Waals surface area (Å²) < 4.78 is 35.7. The number of nitrogens with zero attached hydrogens (tertiary/aromatic N) is 1. The molecule has 5 N–H and O–H groups in total. The lowest BCUT2D eigenvalue weighted by molar-refractivity contribution is -0.134. The lowest BCUT2D eigenvalue weighted by Gasteiger charge is -2.29. The Morgan fingerprint density at radius 3 is 2.50 bits per heavy atom. The number of ether oxygens (including phenoxy) is 1. The molecule has 0 aliphatic rings. The van der Waals surface area contributed by atoms with Gasteiger partial charge >= 0.3 is 0 Å². The van der Waals surface area contributed by atoms with E-state index in [1.54, 1.807) is 49.4 Å². The minimum absolute atomic E-state index is 0.156. The van der Waals surface area contributed by atoms with Crippen LogP contribution in [0.3, 0.4) is 0 Å². The average molecular weight is 592 g/mol. The van der Waals surface area contributed by atoms with E-state index in [1.165, 1.54) is 12.1 Å². The number of nitrogens with one attached hydrogen (secondary N) is 3. The first kappa shape index (κ1) is 30.8. The van der Waals surface area contributed by atoms with Gasteiger partial charge in [0, 0.05) is 47.1 Å². The molecule has 3 aromatic carbocycles. The van der Waals surface area contributed by atoms with Crippen LogP contribution in [0, 0.1) is 0 Å². The van der Waals surface area contributed by atoms with Gasteiger partial charge in [-0.05, 0) is 81.3 Å². The maximum Gasteiger partial charge on any atom is 0.293 e. The molecule has 0 unspecified atom stereocenters. The molecule has 4 rings (SSSR count). The van der Waals surface area contributed by atoms with E-state index in [0.29, 0.717) is 30.0 Å². The molecule has 222 valence electrons. The summed E-state index contributed by atoms with van der Waals surface area (Å²) in [7, 11) is -3.76. The first-order valence-corrected chi connectivity index (χ1v) is 15.1. The van der Waals surface area contributed by atoms with Crippen molar-refractivity contribution in [3.8, 4) is 0 Å². The molecular formula is C31H37N5O5S. The lowest BCUT2D eigenvalue weighted by Crippen LogP contribution is -2.42. The third-order valence-corrected chi connectivity index (χ3v) is 8.38. The molecule has 1 aromatic heterocycles. The van der Waals surface area contributed by atoms with Gasteiger partial charge < -0.3 is 25.7 Å². The number of aromatic nitrogens is 1. The SMILES string of the molecule is C[C@H](N)C(=O)Nc1ccc2c(ccn2CCC(C)(C)NC[C@H](OC=O)c2cccc(NS(=O)(=O)c3ccccc3)c2)c1. The highest BCUT2D eigenvalue weighted by atomic mass is 32.2. The number of anilines is 2. The Labute approximate surface area is 246 Å². The van der Waals surface area contributed by atoms with Gasteiger partial charge in [0.1, 0.15) is 6.10 Å². The van der Waals surface area contributed by atoms with Crippen molar-refractivity contribution in [3.05, 3.63) is 90.6 Å². The Bertz CT molecular complexity index is 1630. The minimum atomic E-state index is -3.76. The summed E-state index contributed by atoms with van der Waals surface area (Å²) in [5.41, 5.74) is 8.09. The van der Waals surface area contributed by atoms with E-state index in [-0.39, 0.29) is 16.3 Å².